The van der Waals surface area contributed by atoms with Crippen molar-refractivity contribution in [1.82, 2.24) is 10.2 Å². The lowest BCUT2D eigenvalue weighted by Crippen LogP contribution is -2.55. The van der Waals surface area contributed by atoms with Gasteiger partial charge in [-0.2, -0.15) is 0 Å². The first kappa shape index (κ1) is 11.4. The van der Waals surface area contributed by atoms with Gasteiger partial charge < -0.3 is 10.1 Å². The first-order valence-corrected chi connectivity index (χ1v) is 6.11. The average molecular weight is 212 g/mol. The van der Waals surface area contributed by atoms with Crippen LogP contribution in [0.3, 0.4) is 0 Å². The van der Waals surface area contributed by atoms with Crippen LogP contribution in [-0.4, -0.2) is 48.8 Å². The molecule has 1 unspecified atom stereocenters. The molecule has 3 heteroatoms. The van der Waals surface area contributed by atoms with Crippen molar-refractivity contribution in [3.63, 3.8) is 0 Å². The van der Waals surface area contributed by atoms with Gasteiger partial charge in [-0.1, -0.05) is 0 Å². The molecule has 0 aromatic carbocycles. The molecule has 0 aromatic heterocycles. The van der Waals surface area contributed by atoms with Crippen LogP contribution in [0.1, 0.15) is 33.6 Å². The van der Waals surface area contributed by atoms with Crippen LogP contribution in [0.25, 0.3) is 0 Å². The molecule has 0 spiro atoms. The molecule has 0 aromatic rings. The molecule has 1 N–H and O–H groups in total. The Balaban J connectivity index is 1.88. The molecule has 88 valence electrons. The Hall–Kier alpha value is -0.120. The second-order valence-electron chi connectivity index (χ2n) is 5.91. The summed E-state index contributed by atoms with van der Waals surface area (Å²) in [5.41, 5.74) is 0.376. The largest absolute Gasteiger partial charge is 0.373 e. The Bertz CT molecular complexity index is 222. The van der Waals surface area contributed by atoms with Crippen LogP contribution in [0.2, 0.25) is 0 Å². The van der Waals surface area contributed by atoms with Gasteiger partial charge in [0.1, 0.15) is 0 Å². The Morgan fingerprint density at radius 2 is 2.13 bits per heavy atom. The molecule has 15 heavy (non-hydrogen) atoms. The van der Waals surface area contributed by atoms with E-state index in [4.69, 9.17) is 4.74 Å². The zero-order chi connectivity index (χ0) is 10.9. The lowest BCUT2D eigenvalue weighted by atomic mass is 9.98. The van der Waals surface area contributed by atoms with Gasteiger partial charge in [0.2, 0.25) is 0 Å². The molecule has 0 bridgehead atoms. The third-order valence-corrected chi connectivity index (χ3v) is 3.53. The van der Waals surface area contributed by atoms with Crippen LogP contribution < -0.4 is 5.32 Å². The molecule has 2 fully saturated rings. The molecule has 2 rings (SSSR count). The predicted octanol–water partition coefficient (Wildman–Crippen LogP) is 1.24. The first-order chi connectivity index (χ1) is 6.99. The van der Waals surface area contributed by atoms with E-state index in [1.54, 1.807) is 0 Å². The summed E-state index contributed by atoms with van der Waals surface area (Å²) in [5.74, 6) is 0. The lowest BCUT2D eigenvalue weighted by Gasteiger charge is -2.41. The third kappa shape index (κ3) is 2.92. The number of nitrogens with zero attached hydrogens (tertiary/aromatic N) is 1. The monoisotopic (exact) mass is 212 g/mol. The van der Waals surface area contributed by atoms with E-state index < -0.39 is 0 Å². The second-order valence-corrected chi connectivity index (χ2v) is 5.91. The van der Waals surface area contributed by atoms with E-state index in [9.17, 15) is 0 Å². The predicted molar refractivity (Wildman–Crippen MR) is 62.1 cm³/mol. The lowest BCUT2D eigenvalue weighted by molar-refractivity contribution is -0.0901. The fraction of sp³-hybridized carbons (Fsp3) is 1.00. The Morgan fingerprint density at radius 1 is 1.33 bits per heavy atom. The summed E-state index contributed by atoms with van der Waals surface area (Å²) in [6, 6.07) is 0. The van der Waals surface area contributed by atoms with Crippen LogP contribution in [0.5, 0.6) is 0 Å². The van der Waals surface area contributed by atoms with Crippen LogP contribution in [0.15, 0.2) is 0 Å². The van der Waals surface area contributed by atoms with Crippen LogP contribution in [0, 0.1) is 0 Å². The molecule has 2 saturated heterocycles. The zero-order valence-corrected chi connectivity index (χ0v) is 10.3. The van der Waals surface area contributed by atoms with Gasteiger partial charge in [-0.3, -0.25) is 4.90 Å². The fourth-order valence-corrected chi connectivity index (χ4v) is 2.83. The minimum absolute atomic E-state index is 0.0349. The topological polar surface area (TPSA) is 24.5 Å². The normalized spacial score (nSPS) is 37.0. The van der Waals surface area contributed by atoms with E-state index >= 15 is 0 Å². The molecule has 1 atom stereocenters. The van der Waals surface area contributed by atoms with Crippen molar-refractivity contribution in [1.29, 1.82) is 0 Å². The maximum Gasteiger partial charge on any atom is 0.0753 e. The van der Waals surface area contributed by atoms with Gasteiger partial charge in [-0.25, -0.2) is 0 Å². The van der Waals surface area contributed by atoms with E-state index in [0.717, 1.165) is 19.7 Å². The summed E-state index contributed by atoms with van der Waals surface area (Å²) < 4.78 is 5.73. The number of rotatable bonds is 2. The van der Waals surface area contributed by atoms with Crippen LogP contribution >= 0.6 is 0 Å². The van der Waals surface area contributed by atoms with Crippen molar-refractivity contribution in [2.24, 2.45) is 0 Å². The van der Waals surface area contributed by atoms with E-state index in [-0.39, 0.29) is 5.60 Å². The van der Waals surface area contributed by atoms with Gasteiger partial charge in [0.25, 0.3) is 0 Å². The van der Waals surface area contributed by atoms with Gasteiger partial charge in [0.05, 0.1) is 12.2 Å². The minimum atomic E-state index is 0.0349. The molecular weight excluding hydrogens is 188 g/mol. The molecule has 0 radical (unpaired) electrons. The molecule has 2 aliphatic heterocycles. The standard InChI is InChI=1S/C12H24N2O/c1-11(2)9-14(7-8-15-11)10-12(3)5-4-6-13-12/h13H,4-10H2,1-3H3. The van der Waals surface area contributed by atoms with Crippen LogP contribution in [0.4, 0.5) is 0 Å². The van der Waals surface area contributed by atoms with Gasteiger partial charge in [-0.05, 0) is 40.2 Å². The maximum atomic E-state index is 5.73. The minimum Gasteiger partial charge on any atom is -0.373 e. The summed E-state index contributed by atoms with van der Waals surface area (Å²) in [4.78, 5) is 2.54. The maximum absolute atomic E-state index is 5.73. The summed E-state index contributed by atoms with van der Waals surface area (Å²) in [6.45, 7) is 12.1. The SMILES string of the molecule is CC1(CN2CCOC(C)(C)C2)CCCN1. The average Bonchev–Trinajstić information content (AvgIpc) is 2.49. The van der Waals surface area contributed by atoms with E-state index in [1.807, 2.05) is 0 Å². The van der Waals surface area contributed by atoms with Gasteiger partial charge in [0.15, 0.2) is 0 Å². The Kier molecular flexibility index (Phi) is 3.06. The van der Waals surface area contributed by atoms with Crippen molar-refractivity contribution in [3.05, 3.63) is 0 Å². The second kappa shape index (κ2) is 4.04. The van der Waals surface area contributed by atoms with Gasteiger partial charge in [0, 0.05) is 25.2 Å². The van der Waals surface area contributed by atoms with Crippen molar-refractivity contribution in [2.45, 2.75) is 44.8 Å². The van der Waals surface area contributed by atoms with Gasteiger partial charge >= 0.3 is 0 Å². The molecule has 0 aliphatic carbocycles. The number of nitrogens with one attached hydrogen (secondary N) is 1. The molecule has 0 amide bonds. The summed E-state index contributed by atoms with van der Waals surface area (Å²) in [5, 5.41) is 3.63. The Labute approximate surface area is 93.2 Å². The highest BCUT2D eigenvalue weighted by atomic mass is 16.5. The highest BCUT2D eigenvalue weighted by molar-refractivity contribution is 4.93. The van der Waals surface area contributed by atoms with E-state index in [1.165, 1.54) is 25.9 Å². The smallest absolute Gasteiger partial charge is 0.0753 e. The summed E-state index contributed by atoms with van der Waals surface area (Å²) in [6.07, 6.45) is 2.63. The zero-order valence-electron chi connectivity index (χ0n) is 10.3. The quantitative estimate of drug-likeness (QED) is 0.745. The van der Waals surface area contributed by atoms with Crippen molar-refractivity contribution < 1.29 is 4.74 Å². The molecule has 2 heterocycles. The number of hydrogen-bond donors (Lipinski definition) is 1. The number of morpholine rings is 1. The highest BCUT2D eigenvalue weighted by Gasteiger charge is 2.34. The number of ether oxygens (including phenoxy) is 1. The van der Waals surface area contributed by atoms with Gasteiger partial charge in [-0.15, -0.1) is 0 Å². The van der Waals surface area contributed by atoms with E-state index in [0.29, 0.717) is 5.54 Å². The van der Waals surface area contributed by atoms with Crippen molar-refractivity contribution in [3.8, 4) is 0 Å². The molecule has 2 aliphatic rings. The fourth-order valence-electron chi connectivity index (χ4n) is 2.83. The Morgan fingerprint density at radius 3 is 2.73 bits per heavy atom. The first-order valence-electron chi connectivity index (χ1n) is 6.11. The third-order valence-electron chi connectivity index (χ3n) is 3.53. The highest BCUT2D eigenvalue weighted by Crippen LogP contribution is 2.23. The molecule has 0 saturated carbocycles. The van der Waals surface area contributed by atoms with Crippen molar-refractivity contribution in [2.75, 3.05) is 32.8 Å². The molecular formula is C12H24N2O. The molecule has 3 nitrogen and oxygen atoms in total. The summed E-state index contributed by atoms with van der Waals surface area (Å²) in [7, 11) is 0. The summed E-state index contributed by atoms with van der Waals surface area (Å²) >= 11 is 0. The number of hydrogen-bond acceptors (Lipinski definition) is 3. The van der Waals surface area contributed by atoms with Crippen LogP contribution in [-0.2, 0) is 4.74 Å². The van der Waals surface area contributed by atoms with Crippen molar-refractivity contribution >= 4 is 0 Å². The van der Waals surface area contributed by atoms with E-state index in [2.05, 4.69) is 31.0 Å².